The zero-order valence-corrected chi connectivity index (χ0v) is 15.0. The average molecular weight is 377 g/mol. The van der Waals surface area contributed by atoms with Crippen LogP contribution in [0.5, 0.6) is 0 Å². The second-order valence-corrected chi connectivity index (χ2v) is 6.17. The summed E-state index contributed by atoms with van der Waals surface area (Å²) in [5.74, 6) is 0.242. The van der Waals surface area contributed by atoms with Crippen LogP contribution in [-0.2, 0) is 0 Å². The Morgan fingerprint density at radius 2 is 2.09 bits per heavy atom. The quantitative estimate of drug-likeness (QED) is 0.702. The molecule has 0 bridgehead atoms. The fourth-order valence-electron chi connectivity index (χ4n) is 2.06. The number of benzene rings is 1. The van der Waals surface area contributed by atoms with Gasteiger partial charge in [-0.05, 0) is 43.2 Å². The molecule has 122 valence electrons. The fraction of sp³-hybridized carbons (Fsp3) is 0.353. The van der Waals surface area contributed by atoms with Crippen LogP contribution in [0, 0.1) is 6.92 Å². The Kier molecular flexibility index (Phi) is 6.52. The predicted molar refractivity (Wildman–Crippen MR) is 96.9 cm³/mol. The number of amides is 1. The van der Waals surface area contributed by atoms with Gasteiger partial charge in [-0.15, -0.1) is 0 Å². The van der Waals surface area contributed by atoms with Crippen LogP contribution < -0.4 is 10.6 Å². The van der Waals surface area contributed by atoms with E-state index in [0.29, 0.717) is 11.6 Å². The third-order valence-corrected chi connectivity index (χ3v) is 4.26. The second kappa shape index (κ2) is 8.62. The highest BCUT2D eigenvalue weighted by Crippen LogP contribution is 2.20. The van der Waals surface area contributed by atoms with Gasteiger partial charge in [0, 0.05) is 22.9 Å². The first-order valence-electron chi connectivity index (χ1n) is 7.74. The molecule has 2 rings (SSSR count). The third-order valence-electron chi connectivity index (χ3n) is 3.37. The van der Waals surface area contributed by atoms with Crippen molar-refractivity contribution in [3.8, 4) is 0 Å². The fourth-order valence-corrected chi connectivity index (χ4v) is 2.31. The predicted octanol–water partition coefficient (Wildman–Crippen LogP) is 4.40. The molecule has 1 aromatic heterocycles. The van der Waals surface area contributed by atoms with E-state index in [1.54, 1.807) is 12.3 Å². The molecule has 0 spiro atoms. The molecule has 0 aliphatic carbocycles. The Balaban J connectivity index is 2.00. The molecule has 2 aromatic rings. The molecule has 0 atom stereocenters. The van der Waals surface area contributed by atoms with Crippen molar-refractivity contribution in [2.75, 3.05) is 17.2 Å². The molecular weight excluding hydrogens is 356 g/mol. The molecule has 1 amide bonds. The number of nitrogens with zero attached hydrogens (tertiary/aromatic N) is 2. The topological polar surface area (TPSA) is 66.9 Å². The average Bonchev–Trinajstić information content (AvgIpc) is 2.55. The van der Waals surface area contributed by atoms with Crippen LogP contribution in [0.15, 0.2) is 34.9 Å². The summed E-state index contributed by atoms with van der Waals surface area (Å²) in [5, 5.41) is 6.00. The smallest absolute Gasteiger partial charge is 0.274 e. The molecule has 0 saturated carbocycles. The SMILES string of the molecule is CCCCCNc1nccc(C(=O)Nc2ccc(Br)c(C)c2)n1. The number of carbonyl (C=O) groups excluding carboxylic acids is 1. The third kappa shape index (κ3) is 5.32. The van der Waals surface area contributed by atoms with E-state index in [9.17, 15) is 4.79 Å². The van der Waals surface area contributed by atoms with Gasteiger partial charge in [-0.3, -0.25) is 4.79 Å². The van der Waals surface area contributed by atoms with Gasteiger partial charge in [0.2, 0.25) is 5.95 Å². The Hall–Kier alpha value is -1.95. The Labute approximate surface area is 145 Å². The van der Waals surface area contributed by atoms with Crippen molar-refractivity contribution in [1.29, 1.82) is 0 Å². The lowest BCUT2D eigenvalue weighted by molar-refractivity contribution is 0.102. The number of carbonyl (C=O) groups is 1. The van der Waals surface area contributed by atoms with Gasteiger partial charge in [0.1, 0.15) is 5.69 Å². The summed E-state index contributed by atoms with van der Waals surface area (Å²) in [6, 6.07) is 7.27. The summed E-state index contributed by atoms with van der Waals surface area (Å²) >= 11 is 3.44. The Morgan fingerprint density at radius 1 is 1.26 bits per heavy atom. The maximum Gasteiger partial charge on any atom is 0.274 e. The minimum absolute atomic E-state index is 0.245. The van der Waals surface area contributed by atoms with Crippen molar-refractivity contribution in [3.63, 3.8) is 0 Å². The van der Waals surface area contributed by atoms with Crippen LogP contribution in [-0.4, -0.2) is 22.4 Å². The molecule has 0 saturated heterocycles. The normalized spacial score (nSPS) is 10.4. The maximum absolute atomic E-state index is 12.3. The van der Waals surface area contributed by atoms with Crippen molar-refractivity contribution in [3.05, 3.63) is 46.2 Å². The minimum atomic E-state index is -0.245. The van der Waals surface area contributed by atoms with Crippen LogP contribution in [0.1, 0.15) is 42.2 Å². The van der Waals surface area contributed by atoms with Crippen LogP contribution in [0.3, 0.4) is 0 Å². The number of aromatic nitrogens is 2. The van der Waals surface area contributed by atoms with Crippen LogP contribution in [0.2, 0.25) is 0 Å². The Bertz CT molecular complexity index is 675. The van der Waals surface area contributed by atoms with Crippen molar-refractivity contribution >= 4 is 33.5 Å². The molecule has 0 fully saturated rings. The van der Waals surface area contributed by atoms with E-state index in [4.69, 9.17) is 0 Å². The van der Waals surface area contributed by atoms with Crippen molar-refractivity contribution in [2.45, 2.75) is 33.1 Å². The van der Waals surface area contributed by atoms with Crippen LogP contribution in [0.4, 0.5) is 11.6 Å². The van der Waals surface area contributed by atoms with Crippen molar-refractivity contribution < 1.29 is 4.79 Å². The number of hydrogen-bond donors (Lipinski definition) is 2. The van der Waals surface area contributed by atoms with Gasteiger partial charge in [0.05, 0.1) is 0 Å². The van der Waals surface area contributed by atoms with Crippen molar-refractivity contribution in [2.24, 2.45) is 0 Å². The lowest BCUT2D eigenvalue weighted by Crippen LogP contribution is -2.15. The molecule has 1 aromatic carbocycles. The van der Waals surface area contributed by atoms with Gasteiger partial charge in [-0.2, -0.15) is 0 Å². The second-order valence-electron chi connectivity index (χ2n) is 5.32. The van der Waals surface area contributed by atoms with Gasteiger partial charge >= 0.3 is 0 Å². The molecular formula is C17H21BrN4O. The molecule has 6 heteroatoms. The summed E-state index contributed by atoms with van der Waals surface area (Å²) in [6.45, 7) is 4.94. The number of anilines is 2. The van der Waals surface area contributed by atoms with E-state index in [1.807, 2.05) is 25.1 Å². The van der Waals surface area contributed by atoms with Gasteiger partial charge in [-0.25, -0.2) is 9.97 Å². The van der Waals surface area contributed by atoms with E-state index in [2.05, 4.69) is 43.5 Å². The van der Waals surface area contributed by atoms with E-state index in [1.165, 1.54) is 0 Å². The van der Waals surface area contributed by atoms with E-state index < -0.39 is 0 Å². The lowest BCUT2D eigenvalue weighted by atomic mass is 10.2. The summed E-state index contributed by atoms with van der Waals surface area (Å²) in [4.78, 5) is 20.7. The van der Waals surface area contributed by atoms with E-state index in [0.717, 1.165) is 41.5 Å². The number of unbranched alkanes of at least 4 members (excludes halogenated alkanes) is 2. The molecule has 2 N–H and O–H groups in total. The van der Waals surface area contributed by atoms with Gasteiger partial charge in [0.15, 0.2) is 0 Å². The molecule has 0 radical (unpaired) electrons. The van der Waals surface area contributed by atoms with Crippen molar-refractivity contribution in [1.82, 2.24) is 9.97 Å². The zero-order chi connectivity index (χ0) is 16.7. The maximum atomic E-state index is 12.3. The standard InChI is InChI=1S/C17H21BrN4O/c1-3-4-5-9-19-17-20-10-8-15(22-17)16(23)21-13-6-7-14(18)12(2)11-13/h6-8,10-11H,3-5,9H2,1-2H3,(H,21,23)(H,19,20,22). The molecule has 0 aliphatic heterocycles. The first-order valence-corrected chi connectivity index (χ1v) is 8.54. The monoisotopic (exact) mass is 376 g/mol. The van der Waals surface area contributed by atoms with E-state index in [-0.39, 0.29) is 5.91 Å². The number of rotatable bonds is 7. The largest absolute Gasteiger partial charge is 0.354 e. The lowest BCUT2D eigenvalue weighted by Gasteiger charge is -2.08. The minimum Gasteiger partial charge on any atom is -0.354 e. The summed E-state index contributed by atoms with van der Waals surface area (Å²) in [7, 11) is 0. The number of aryl methyl sites for hydroxylation is 1. The summed E-state index contributed by atoms with van der Waals surface area (Å²) < 4.78 is 1.01. The first kappa shape index (κ1) is 17.4. The molecule has 1 heterocycles. The van der Waals surface area contributed by atoms with E-state index >= 15 is 0 Å². The molecule has 5 nitrogen and oxygen atoms in total. The zero-order valence-electron chi connectivity index (χ0n) is 13.4. The van der Waals surface area contributed by atoms with Crippen LogP contribution in [0.25, 0.3) is 0 Å². The summed E-state index contributed by atoms with van der Waals surface area (Å²) in [5.41, 5.74) is 2.15. The first-order chi connectivity index (χ1) is 11.1. The highest BCUT2D eigenvalue weighted by atomic mass is 79.9. The summed E-state index contributed by atoms with van der Waals surface area (Å²) in [6.07, 6.45) is 4.99. The Morgan fingerprint density at radius 3 is 2.83 bits per heavy atom. The molecule has 0 aliphatic rings. The molecule has 0 unspecified atom stereocenters. The van der Waals surface area contributed by atoms with Crippen LogP contribution >= 0.6 is 15.9 Å². The number of hydrogen-bond acceptors (Lipinski definition) is 4. The van der Waals surface area contributed by atoms with Gasteiger partial charge in [-0.1, -0.05) is 35.7 Å². The van der Waals surface area contributed by atoms with Gasteiger partial charge < -0.3 is 10.6 Å². The number of nitrogens with one attached hydrogen (secondary N) is 2. The highest BCUT2D eigenvalue weighted by Gasteiger charge is 2.09. The van der Waals surface area contributed by atoms with Gasteiger partial charge in [0.25, 0.3) is 5.91 Å². The number of halogens is 1. The molecule has 23 heavy (non-hydrogen) atoms. The highest BCUT2D eigenvalue weighted by molar-refractivity contribution is 9.10.